The van der Waals surface area contributed by atoms with E-state index in [0.717, 1.165) is 0 Å². The van der Waals surface area contributed by atoms with Crippen molar-refractivity contribution in [3.05, 3.63) is 0 Å². The number of hydrogen-bond donors (Lipinski definition) is 1. The second-order valence-electron chi connectivity index (χ2n) is 3.64. The number of rotatable bonds is 4. The van der Waals surface area contributed by atoms with Gasteiger partial charge in [0.1, 0.15) is 12.1 Å². The molecule has 0 spiro atoms. The minimum Gasteiger partial charge on any atom is -0.369 e. The summed E-state index contributed by atoms with van der Waals surface area (Å²) in [5, 5.41) is 11.2. The van der Waals surface area contributed by atoms with E-state index in [1.807, 2.05) is 19.9 Å². The van der Waals surface area contributed by atoms with Gasteiger partial charge in [-0.15, -0.1) is 0 Å². The molecular formula is C9H16N2O2. The minimum absolute atomic E-state index is 0.00275. The van der Waals surface area contributed by atoms with Crippen LogP contribution in [-0.4, -0.2) is 24.2 Å². The van der Waals surface area contributed by atoms with Crippen molar-refractivity contribution in [1.82, 2.24) is 5.32 Å². The molecule has 0 rings (SSSR count). The van der Waals surface area contributed by atoms with Crippen molar-refractivity contribution in [1.29, 1.82) is 5.26 Å². The molecule has 0 aliphatic carbocycles. The second-order valence-corrected chi connectivity index (χ2v) is 3.64. The average Bonchev–Trinajstić information content (AvgIpc) is 2.00. The molecule has 0 bridgehead atoms. The Labute approximate surface area is 78.9 Å². The largest absolute Gasteiger partial charge is 0.369 e. The topological polar surface area (TPSA) is 62.1 Å². The van der Waals surface area contributed by atoms with Gasteiger partial charge >= 0.3 is 0 Å². The van der Waals surface area contributed by atoms with Gasteiger partial charge < -0.3 is 10.1 Å². The van der Waals surface area contributed by atoms with E-state index >= 15 is 0 Å². The van der Waals surface area contributed by atoms with Crippen LogP contribution < -0.4 is 5.32 Å². The monoisotopic (exact) mass is 184 g/mol. The zero-order valence-electron chi connectivity index (χ0n) is 8.55. The molecule has 4 nitrogen and oxygen atoms in total. The lowest BCUT2D eigenvalue weighted by molar-refractivity contribution is -0.128. The molecule has 74 valence electrons. The predicted octanol–water partition coefficient (Wildman–Crippen LogP) is 0.830. The SMILES string of the molecule is CC(C)OCC(=O)NC(C)(C)C#N. The summed E-state index contributed by atoms with van der Waals surface area (Å²) in [6.45, 7) is 6.98. The Morgan fingerprint density at radius 2 is 2.15 bits per heavy atom. The fourth-order valence-corrected chi connectivity index (χ4v) is 0.655. The molecule has 4 heteroatoms. The van der Waals surface area contributed by atoms with Gasteiger partial charge in [0.05, 0.1) is 12.2 Å². The van der Waals surface area contributed by atoms with E-state index < -0.39 is 5.54 Å². The molecule has 0 unspecified atom stereocenters. The summed E-state index contributed by atoms with van der Waals surface area (Å²) in [5.74, 6) is -0.264. The molecule has 0 aliphatic rings. The Kier molecular flexibility index (Phi) is 4.43. The molecule has 0 aromatic rings. The smallest absolute Gasteiger partial charge is 0.247 e. The lowest BCUT2D eigenvalue weighted by Gasteiger charge is -2.17. The molecule has 13 heavy (non-hydrogen) atoms. The number of carbonyl (C=O) groups is 1. The molecule has 0 aliphatic heterocycles. The molecule has 0 aromatic heterocycles. The summed E-state index contributed by atoms with van der Waals surface area (Å²) in [6, 6.07) is 1.97. The molecule has 0 atom stereocenters. The van der Waals surface area contributed by atoms with E-state index in [2.05, 4.69) is 5.32 Å². The van der Waals surface area contributed by atoms with Crippen molar-refractivity contribution in [3.63, 3.8) is 0 Å². The van der Waals surface area contributed by atoms with E-state index in [-0.39, 0.29) is 18.6 Å². The highest BCUT2D eigenvalue weighted by Crippen LogP contribution is 1.98. The van der Waals surface area contributed by atoms with Crippen LogP contribution in [0.1, 0.15) is 27.7 Å². The lowest BCUT2D eigenvalue weighted by atomic mass is 10.1. The van der Waals surface area contributed by atoms with Crippen LogP contribution in [0.3, 0.4) is 0 Å². The zero-order chi connectivity index (χ0) is 10.5. The van der Waals surface area contributed by atoms with Crippen molar-refractivity contribution in [2.24, 2.45) is 0 Å². The first-order valence-corrected chi connectivity index (χ1v) is 4.21. The molecule has 0 heterocycles. The van der Waals surface area contributed by atoms with Gasteiger partial charge in [0.15, 0.2) is 0 Å². The van der Waals surface area contributed by atoms with Crippen molar-refractivity contribution >= 4 is 5.91 Å². The highest BCUT2D eigenvalue weighted by atomic mass is 16.5. The predicted molar refractivity (Wildman–Crippen MR) is 48.9 cm³/mol. The minimum atomic E-state index is -0.822. The van der Waals surface area contributed by atoms with E-state index in [0.29, 0.717) is 0 Å². The first-order chi connectivity index (χ1) is 5.87. The summed E-state index contributed by atoms with van der Waals surface area (Å²) < 4.78 is 5.07. The summed E-state index contributed by atoms with van der Waals surface area (Å²) >= 11 is 0. The molecule has 0 saturated carbocycles. The standard InChI is InChI=1S/C9H16N2O2/c1-7(2)13-5-8(12)11-9(3,4)6-10/h7H,5H2,1-4H3,(H,11,12). The van der Waals surface area contributed by atoms with Gasteiger partial charge in [-0.25, -0.2) is 0 Å². The Morgan fingerprint density at radius 3 is 2.54 bits per heavy atom. The first kappa shape index (κ1) is 11.9. The second kappa shape index (κ2) is 4.83. The quantitative estimate of drug-likeness (QED) is 0.704. The number of hydrogen-bond acceptors (Lipinski definition) is 3. The maximum atomic E-state index is 11.1. The third kappa shape index (κ3) is 6.12. The van der Waals surface area contributed by atoms with Crippen LogP contribution in [0.15, 0.2) is 0 Å². The van der Waals surface area contributed by atoms with Gasteiger partial charge in [-0.1, -0.05) is 0 Å². The van der Waals surface area contributed by atoms with Gasteiger partial charge in [-0.3, -0.25) is 4.79 Å². The molecule has 0 fully saturated rings. The maximum Gasteiger partial charge on any atom is 0.247 e. The first-order valence-electron chi connectivity index (χ1n) is 4.21. The van der Waals surface area contributed by atoms with Crippen LogP contribution >= 0.6 is 0 Å². The van der Waals surface area contributed by atoms with Crippen LogP contribution in [0.4, 0.5) is 0 Å². The van der Waals surface area contributed by atoms with Crippen LogP contribution in [0.2, 0.25) is 0 Å². The molecule has 0 aromatic carbocycles. The third-order valence-corrected chi connectivity index (χ3v) is 1.28. The Morgan fingerprint density at radius 1 is 1.62 bits per heavy atom. The van der Waals surface area contributed by atoms with Crippen molar-refractivity contribution in [3.8, 4) is 6.07 Å². The van der Waals surface area contributed by atoms with Gasteiger partial charge in [-0.05, 0) is 27.7 Å². The number of nitrogens with zero attached hydrogens (tertiary/aromatic N) is 1. The summed E-state index contributed by atoms with van der Waals surface area (Å²) in [4.78, 5) is 11.1. The summed E-state index contributed by atoms with van der Waals surface area (Å²) in [7, 11) is 0. The normalized spacial score (nSPS) is 11.1. The Balaban J connectivity index is 3.83. The van der Waals surface area contributed by atoms with Crippen molar-refractivity contribution in [2.45, 2.75) is 39.3 Å². The van der Waals surface area contributed by atoms with Crippen LogP contribution in [0.5, 0.6) is 0 Å². The average molecular weight is 184 g/mol. The zero-order valence-corrected chi connectivity index (χ0v) is 8.55. The summed E-state index contributed by atoms with van der Waals surface area (Å²) in [6.07, 6.45) is 0.0240. The highest BCUT2D eigenvalue weighted by molar-refractivity contribution is 5.78. The number of carbonyl (C=O) groups excluding carboxylic acids is 1. The van der Waals surface area contributed by atoms with Gasteiger partial charge in [0.2, 0.25) is 5.91 Å². The van der Waals surface area contributed by atoms with Gasteiger partial charge in [0.25, 0.3) is 0 Å². The fraction of sp³-hybridized carbons (Fsp3) is 0.778. The molecule has 0 saturated heterocycles. The van der Waals surface area contributed by atoms with Crippen molar-refractivity contribution < 1.29 is 9.53 Å². The Bertz CT molecular complexity index is 216. The molecule has 1 amide bonds. The number of amides is 1. The molecule has 0 radical (unpaired) electrons. The van der Waals surface area contributed by atoms with E-state index in [1.54, 1.807) is 13.8 Å². The summed E-state index contributed by atoms with van der Waals surface area (Å²) in [5.41, 5.74) is -0.822. The Hall–Kier alpha value is -1.08. The van der Waals surface area contributed by atoms with E-state index in [9.17, 15) is 4.79 Å². The van der Waals surface area contributed by atoms with Crippen molar-refractivity contribution in [2.75, 3.05) is 6.61 Å². The lowest BCUT2D eigenvalue weighted by Crippen LogP contribution is -2.44. The third-order valence-electron chi connectivity index (χ3n) is 1.28. The van der Waals surface area contributed by atoms with Gasteiger partial charge in [-0.2, -0.15) is 5.26 Å². The molecule has 1 N–H and O–H groups in total. The number of ether oxygens (including phenoxy) is 1. The highest BCUT2D eigenvalue weighted by Gasteiger charge is 2.19. The number of nitriles is 1. The van der Waals surface area contributed by atoms with Crippen LogP contribution in [0.25, 0.3) is 0 Å². The van der Waals surface area contributed by atoms with E-state index in [1.165, 1.54) is 0 Å². The van der Waals surface area contributed by atoms with Gasteiger partial charge in [0, 0.05) is 0 Å². The van der Waals surface area contributed by atoms with Crippen LogP contribution in [0, 0.1) is 11.3 Å². The number of nitrogens with one attached hydrogen (secondary N) is 1. The van der Waals surface area contributed by atoms with Crippen LogP contribution in [-0.2, 0) is 9.53 Å². The van der Waals surface area contributed by atoms with E-state index in [4.69, 9.17) is 10.00 Å². The fourth-order valence-electron chi connectivity index (χ4n) is 0.655. The molecular weight excluding hydrogens is 168 g/mol. The maximum absolute atomic E-state index is 11.1.